The number of carbonyl (C=O) groups excluding carboxylic acids is 1. The van der Waals surface area contributed by atoms with E-state index in [4.69, 9.17) is 13.9 Å². The second kappa shape index (κ2) is 10.3. The molecule has 1 heterocycles. The first kappa shape index (κ1) is 21.9. The Hall–Kier alpha value is -3.81. The van der Waals surface area contributed by atoms with Crippen molar-refractivity contribution in [2.75, 3.05) is 12.4 Å². The zero-order valence-corrected chi connectivity index (χ0v) is 16.8. The van der Waals surface area contributed by atoms with Crippen LogP contribution in [0.1, 0.15) is 21.9 Å². The number of amides is 1. The zero-order valence-electron chi connectivity index (χ0n) is 16.8. The molecule has 0 aliphatic rings. The molecule has 1 amide bonds. The monoisotopic (exact) mass is 429 g/mol. The van der Waals surface area contributed by atoms with Crippen molar-refractivity contribution in [3.8, 4) is 17.2 Å². The minimum atomic E-state index is -2.98. The van der Waals surface area contributed by atoms with E-state index in [0.29, 0.717) is 23.6 Å². The lowest BCUT2D eigenvalue weighted by molar-refractivity contribution is -0.0512. The lowest BCUT2D eigenvalue weighted by Crippen LogP contribution is -2.11. The number of hydrogen-bond acceptors (Lipinski definition) is 5. The van der Waals surface area contributed by atoms with Gasteiger partial charge in [0.15, 0.2) is 17.3 Å². The highest BCUT2D eigenvalue weighted by Crippen LogP contribution is 2.31. The number of anilines is 1. The number of rotatable bonds is 10. The van der Waals surface area contributed by atoms with Crippen molar-refractivity contribution in [1.29, 1.82) is 0 Å². The molecule has 1 aromatic heterocycles. The number of nitrogens with one attached hydrogen (secondary N) is 1. The summed E-state index contributed by atoms with van der Waals surface area (Å²) < 4.78 is 45.6. The second-order valence-electron chi connectivity index (χ2n) is 6.35. The van der Waals surface area contributed by atoms with E-state index < -0.39 is 12.5 Å². The fourth-order valence-corrected chi connectivity index (χ4v) is 2.83. The van der Waals surface area contributed by atoms with Gasteiger partial charge in [0, 0.05) is 11.8 Å². The third-order valence-corrected chi connectivity index (χ3v) is 4.23. The highest BCUT2D eigenvalue weighted by Gasteiger charge is 2.15. The normalized spacial score (nSPS) is 10.6. The van der Waals surface area contributed by atoms with Gasteiger partial charge in [0.2, 0.25) is 0 Å². The van der Waals surface area contributed by atoms with E-state index in [0.717, 1.165) is 5.56 Å². The Morgan fingerprint density at radius 1 is 1.13 bits per heavy atom. The first-order valence-corrected chi connectivity index (χ1v) is 9.34. The molecular formula is C23H21F2NO5. The number of benzene rings is 2. The van der Waals surface area contributed by atoms with Crippen LogP contribution in [-0.2, 0) is 13.0 Å². The van der Waals surface area contributed by atoms with Crippen molar-refractivity contribution in [1.82, 2.24) is 0 Å². The minimum Gasteiger partial charge on any atom is -0.493 e. The molecule has 31 heavy (non-hydrogen) atoms. The molecule has 0 spiro atoms. The average Bonchev–Trinajstić information content (AvgIpc) is 3.23. The van der Waals surface area contributed by atoms with Crippen LogP contribution in [0.25, 0.3) is 0 Å². The maximum Gasteiger partial charge on any atom is 0.387 e. The molecule has 6 nitrogen and oxygen atoms in total. The summed E-state index contributed by atoms with van der Waals surface area (Å²) in [5.41, 5.74) is 1.33. The number of para-hydroxylation sites is 1. The Morgan fingerprint density at radius 3 is 2.68 bits per heavy atom. The maximum atomic E-state index is 12.5. The lowest BCUT2D eigenvalue weighted by Gasteiger charge is -2.11. The molecular weight excluding hydrogens is 408 g/mol. The van der Waals surface area contributed by atoms with Crippen molar-refractivity contribution < 1.29 is 32.2 Å². The Morgan fingerprint density at radius 2 is 1.94 bits per heavy atom. The van der Waals surface area contributed by atoms with Gasteiger partial charge in [-0.15, -0.1) is 6.58 Å². The largest absolute Gasteiger partial charge is 0.493 e. The highest BCUT2D eigenvalue weighted by molar-refractivity contribution is 6.02. The van der Waals surface area contributed by atoms with Gasteiger partial charge in [-0.05, 0) is 42.3 Å². The van der Waals surface area contributed by atoms with Crippen molar-refractivity contribution in [3.63, 3.8) is 0 Å². The van der Waals surface area contributed by atoms with E-state index in [2.05, 4.69) is 16.6 Å². The number of halogens is 2. The Kier molecular flexibility index (Phi) is 7.26. The summed E-state index contributed by atoms with van der Waals surface area (Å²) in [5.74, 6) is 0.669. The Balaban J connectivity index is 1.63. The summed E-state index contributed by atoms with van der Waals surface area (Å²) in [4.78, 5) is 12.5. The summed E-state index contributed by atoms with van der Waals surface area (Å²) in [6.07, 6.45) is 2.46. The van der Waals surface area contributed by atoms with E-state index in [1.54, 1.807) is 12.1 Å². The molecule has 3 rings (SSSR count). The third kappa shape index (κ3) is 5.85. The molecule has 0 aliphatic carbocycles. The molecule has 0 atom stereocenters. The number of carbonyl (C=O) groups is 1. The molecule has 0 radical (unpaired) electrons. The van der Waals surface area contributed by atoms with Gasteiger partial charge < -0.3 is 23.9 Å². The van der Waals surface area contributed by atoms with Crippen LogP contribution in [0.15, 0.2) is 71.7 Å². The van der Waals surface area contributed by atoms with Gasteiger partial charge in [0.1, 0.15) is 18.1 Å². The molecule has 0 aliphatic heterocycles. The average molecular weight is 429 g/mol. The molecule has 2 aromatic carbocycles. The molecule has 0 fully saturated rings. The van der Waals surface area contributed by atoms with E-state index in [-0.39, 0.29) is 23.9 Å². The van der Waals surface area contributed by atoms with Crippen LogP contribution in [-0.4, -0.2) is 19.6 Å². The van der Waals surface area contributed by atoms with Crippen LogP contribution in [0, 0.1) is 0 Å². The highest BCUT2D eigenvalue weighted by atomic mass is 19.3. The molecule has 0 saturated heterocycles. The van der Waals surface area contributed by atoms with Crippen LogP contribution in [0.5, 0.6) is 17.2 Å². The number of alkyl halides is 2. The zero-order chi connectivity index (χ0) is 22.2. The van der Waals surface area contributed by atoms with Crippen LogP contribution < -0.4 is 19.5 Å². The van der Waals surface area contributed by atoms with E-state index in [1.165, 1.54) is 31.4 Å². The standard InChI is InChI=1S/C23H21F2NO5/c1-3-6-15-7-4-5-8-18(15)29-14-17-10-12-20(30-17)22(27)26-16-9-11-19(31-23(24)25)21(13-16)28-2/h3-5,7-13,23H,1,6,14H2,2H3,(H,26,27). The fraction of sp³-hybridized carbons (Fsp3) is 0.174. The van der Waals surface area contributed by atoms with Crippen LogP contribution in [0.3, 0.4) is 0 Å². The molecule has 0 bridgehead atoms. The number of hydrogen-bond donors (Lipinski definition) is 1. The van der Waals surface area contributed by atoms with Crippen LogP contribution in [0.2, 0.25) is 0 Å². The Bertz CT molecular complexity index is 1050. The van der Waals surface area contributed by atoms with Crippen LogP contribution in [0.4, 0.5) is 14.5 Å². The minimum absolute atomic E-state index is 0.0600. The van der Waals surface area contributed by atoms with E-state index in [9.17, 15) is 13.6 Å². The van der Waals surface area contributed by atoms with Crippen molar-refractivity contribution in [3.05, 3.63) is 84.3 Å². The quantitative estimate of drug-likeness (QED) is 0.434. The van der Waals surface area contributed by atoms with Gasteiger partial charge in [0.05, 0.1) is 7.11 Å². The van der Waals surface area contributed by atoms with Gasteiger partial charge >= 0.3 is 6.61 Å². The molecule has 8 heteroatoms. The summed E-state index contributed by atoms with van der Waals surface area (Å²) in [5, 5.41) is 2.62. The van der Waals surface area contributed by atoms with Gasteiger partial charge in [0.25, 0.3) is 5.91 Å². The van der Waals surface area contributed by atoms with E-state index in [1.807, 2.05) is 24.3 Å². The fourth-order valence-electron chi connectivity index (χ4n) is 2.83. The second-order valence-corrected chi connectivity index (χ2v) is 6.35. The van der Waals surface area contributed by atoms with Gasteiger partial charge in [-0.1, -0.05) is 24.3 Å². The Labute approximate surface area is 178 Å². The summed E-state index contributed by atoms with van der Waals surface area (Å²) >= 11 is 0. The maximum absolute atomic E-state index is 12.5. The number of allylic oxidation sites excluding steroid dienone is 1. The van der Waals surface area contributed by atoms with Gasteiger partial charge in [-0.2, -0.15) is 8.78 Å². The third-order valence-electron chi connectivity index (χ3n) is 4.23. The number of methoxy groups -OCH3 is 1. The smallest absolute Gasteiger partial charge is 0.387 e. The molecule has 3 aromatic rings. The molecule has 162 valence electrons. The van der Waals surface area contributed by atoms with Gasteiger partial charge in [-0.3, -0.25) is 4.79 Å². The first-order chi connectivity index (χ1) is 15.0. The van der Waals surface area contributed by atoms with Crippen molar-refractivity contribution >= 4 is 11.6 Å². The predicted molar refractivity (Wildman–Crippen MR) is 111 cm³/mol. The lowest BCUT2D eigenvalue weighted by atomic mass is 10.1. The van der Waals surface area contributed by atoms with Gasteiger partial charge in [-0.25, -0.2) is 0 Å². The number of ether oxygens (including phenoxy) is 3. The number of furan rings is 1. The summed E-state index contributed by atoms with van der Waals surface area (Å²) in [7, 11) is 1.31. The molecule has 1 N–H and O–H groups in total. The first-order valence-electron chi connectivity index (χ1n) is 9.34. The van der Waals surface area contributed by atoms with Crippen molar-refractivity contribution in [2.24, 2.45) is 0 Å². The summed E-state index contributed by atoms with van der Waals surface area (Å²) in [6.45, 7) is 0.897. The predicted octanol–water partition coefficient (Wildman–Crippen LogP) is 5.45. The van der Waals surface area contributed by atoms with E-state index >= 15 is 0 Å². The topological polar surface area (TPSA) is 69.9 Å². The SMILES string of the molecule is C=CCc1ccccc1OCc1ccc(C(=O)Nc2ccc(OC(F)F)c(OC)c2)o1. The van der Waals surface area contributed by atoms with Crippen LogP contribution >= 0.6 is 0 Å². The van der Waals surface area contributed by atoms with Crippen molar-refractivity contribution in [2.45, 2.75) is 19.6 Å². The molecule has 0 saturated carbocycles. The molecule has 0 unspecified atom stereocenters. The summed E-state index contributed by atoms with van der Waals surface area (Å²) in [6, 6.07) is 14.8.